The Bertz CT molecular complexity index is 17.1. The summed E-state index contributed by atoms with van der Waals surface area (Å²) in [4.78, 5) is 0. The first-order valence-corrected chi connectivity index (χ1v) is 3.46. The maximum absolute atomic E-state index is 4.58. The molecule has 4 heteroatoms. The zero-order valence-electron chi connectivity index (χ0n) is 2.80. The predicted octanol–water partition coefficient (Wildman–Crippen LogP) is 0.803. The molecule has 0 bridgehead atoms. The molecule has 0 aliphatic rings. The molecule has 0 aromatic heterocycles. The lowest BCUT2D eigenvalue weighted by atomic mass is 12.0. The molecule has 0 atom stereocenters. The Morgan fingerprint density at radius 1 is 1.80 bits per heavy atom. The van der Waals surface area contributed by atoms with E-state index in [2.05, 4.69) is 10.2 Å². The van der Waals surface area contributed by atoms with Crippen molar-refractivity contribution in [1.29, 1.82) is 0 Å². The van der Waals surface area contributed by atoms with Crippen LogP contribution in [0.15, 0.2) is 0 Å². The molecule has 0 aromatic rings. The highest BCUT2D eigenvalue weighted by molar-refractivity contribution is 8.74. The Morgan fingerprint density at radius 2 is 2.40 bits per heavy atom. The fourth-order valence-electron chi connectivity index (χ4n) is 0.0393. The third kappa shape index (κ3) is 4.62. The fourth-order valence-corrected chi connectivity index (χ4v) is 0.354. The number of nitrogens with two attached hydrogens (primary N) is 1. The molecular weight excluding hydrogens is 106 g/mol. The van der Waals surface area contributed by atoms with Gasteiger partial charge in [0.1, 0.15) is 0 Å². The van der Waals surface area contributed by atoms with Gasteiger partial charge in [0.05, 0.1) is 11.1 Å². The van der Waals surface area contributed by atoms with Crippen molar-refractivity contribution in [3.63, 3.8) is 0 Å². The summed E-state index contributed by atoms with van der Waals surface area (Å²) >= 11 is 1.16. The van der Waals surface area contributed by atoms with Crippen LogP contribution in [0.2, 0.25) is 0 Å². The third-order valence-corrected chi connectivity index (χ3v) is 0.966. The van der Waals surface area contributed by atoms with Gasteiger partial charge in [-0.25, -0.2) is 10.2 Å². The molecule has 0 radical (unpaired) electrons. The van der Waals surface area contributed by atoms with Gasteiger partial charge in [0.2, 0.25) is 0 Å². The molecule has 2 N–H and O–H groups in total. The second kappa shape index (κ2) is 4.62. The minimum Gasteiger partial charge on any atom is -0.223 e. The highest BCUT2D eigenvalue weighted by Gasteiger charge is 1.68. The summed E-state index contributed by atoms with van der Waals surface area (Å²) < 4.78 is 4.07. The maximum Gasteiger partial charge on any atom is 0.0853 e. The lowest BCUT2D eigenvalue weighted by Crippen LogP contribution is -1.82. The molecular formula is CH5NOS2. The summed E-state index contributed by atoms with van der Waals surface area (Å²) in [6, 6.07) is 0. The monoisotopic (exact) mass is 111 g/mol. The number of rotatable bonds is 2. The molecule has 0 spiro atoms. The van der Waals surface area contributed by atoms with Gasteiger partial charge in [-0.15, -0.1) is 0 Å². The van der Waals surface area contributed by atoms with Gasteiger partial charge >= 0.3 is 0 Å². The van der Waals surface area contributed by atoms with E-state index in [-0.39, 0.29) is 0 Å². The summed E-state index contributed by atoms with van der Waals surface area (Å²) in [5.41, 5.74) is 0. The van der Waals surface area contributed by atoms with Crippen molar-refractivity contribution in [1.82, 2.24) is 0 Å². The first-order valence-electron chi connectivity index (χ1n) is 0.977. The summed E-state index contributed by atoms with van der Waals surface area (Å²) in [5, 5.41) is 0. The minimum atomic E-state index is 1.16. The summed E-state index contributed by atoms with van der Waals surface area (Å²) in [6.07, 6.45) is 1.89. The Kier molecular flexibility index (Phi) is 5.19. The van der Waals surface area contributed by atoms with E-state index in [9.17, 15) is 0 Å². The van der Waals surface area contributed by atoms with Gasteiger partial charge in [0.15, 0.2) is 0 Å². The molecule has 32 valence electrons. The molecule has 0 aliphatic heterocycles. The van der Waals surface area contributed by atoms with Crippen LogP contribution < -0.4 is 5.90 Å². The van der Waals surface area contributed by atoms with Crippen LogP contribution in [-0.4, -0.2) is 6.26 Å². The molecule has 0 aromatic carbocycles. The average molecular weight is 111 g/mol. The summed E-state index contributed by atoms with van der Waals surface area (Å²) in [7, 11) is 1.47. The normalized spacial score (nSPS) is 8.40. The number of hydrogen-bond acceptors (Lipinski definition) is 4. The van der Waals surface area contributed by atoms with Gasteiger partial charge < -0.3 is 0 Å². The number of hydrogen-bond donors (Lipinski definition) is 1. The van der Waals surface area contributed by atoms with Gasteiger partial charge in [-0.3, -0.25) is 0 Å². The van der Waals surface area contributed by atoms with E-state index in [0.717, 1.165) is 11.1 Å². The average Bonchev–Trinajstić information content (AvgIpc) is 1.41. The van der Waals surface area contributed by atoms with Crippen LogP contribution in [-0.2, 0) is 4.28 Å². The van der Waals surface area contributed by atoms with Gasteiger partial charge in [0, 0.05) is 0 Å². The van der Waals surface area contributed by atoms with E-state index in [0.29, 0.717) is 0 Å². The maximum atomic E-state index is 4.58. The molecule has 0 saturated carbocycles. The molecule has 0 rings (SSSR count). The van der Waals surface area contributed by atoms with Crippen molar-refractivity contribution in [3.05, 3.63) is 0 Å². The van der Waals surface area contributed by atoms with Gasteiger partial charge in [-0.05, 0) is 6.26 Å². The van der Waals surface area contributed by atoms with Crippen LogP contribution >= 0.6 is 21.9 Å². The standard InChI is InChI=1S/CH5NOS2/c1-4-5-3-2/h2H2,1H3. The fraction of sp³-hybridized carbons (Fsp3) is 1.00. The molecule has 5 heavy (non-hydrogen) atoms. The van der Waals surface area contributed by atoms with Gasteiger partial charge in [0.25, 0.3) is 0 Å². The zero-order chi connectivity index (χ0) is 4.12. The lowest BCUT2D eigenvalue weighted by Gasteiger charge is -1.80. The molecule has 0 saturated heterocycles. The minimum absolute atomic E-state index is 1.16. The van der Waals surface area contributed by atoms with Crippen molar-refractivity contribution < 1.29 is 4.28 Å². The zero-order valence-corrected chi connectivity index (χ0v) is 4.44. The molecule has 0 amide bonds. The highest BCUT2D eigenvalue weighted by Crippen LogP contribution is 2.13. The van der Waals surface area contributed by atoms with E-state index in [1.165, 1.54) is 10.8 Å². The van der Waals surface area contributed by atoms with E-state index in [4.69, 9.17) is 0 Å². The van der Waals surface area contributed by atoms with Crippen LogP contribution in [0.4, 0.5) is 0 Å². The first-order chi connectivity index (χ1) is 2.41. The van der Waals surface area contributed by atoms with Crippen molar-refractivity contribution in [2.24, 2.45) is 5.90 Å². The topological polar surface area (TPSA) is 35.2 Å². The molecule has 0 fully saturated rings. The largest absolute Gasteiger partial charge is 0.223 e. The smallest absolute Gasteiger partial charge is 0.0853 e. The Hall–Kier alpha value is 0.620. The summed E-state index contributed by atoms with van der Waals surface area (Å²) in [5.74, 6) is 4.58. The molecule has 0 unspecified atom stereocenters. The first kappa shape index (κ1) is 5.62. The van der Waals surface area contributed by atoms with E-state index >= 15 is 0 Å². The summed E-state index contributed by atoms with van der Waals surface area (Å²) in [6.45, 7) is 0. The van der Waals surface area contributed by atoms with Crippen LogP contribution in [0.25, 0.3) is 0 Å². The van der Waals surface area contributed by atoms with Gasteiger partial charge in [-0.1, -0.05) is 10.8 Å². The van der Waals surface area contributed by atoms with Crippen LogP contribution in [0.3, 0.4) is 0 Å². The third-order valence-electron chi connectivity index (χ3n) is 0.107. The van der Waals surface area contributed by atoms with E-state index in [1.807, 2.05) is 6.26 Å². The quantitative estimate of drug-likeness (QED) is 0.325. The predicted molar refractivity (Wildman–Crippen MR) is 26.4 cm³/mol. The van der Waals surface area contributed by atoms with Crippen molar-refractivity contribution in [2.45, 2.75) is 0 Å². The van der Waals surface area contributed by atoms with E-state index in [1.54, 1.807) is 0 Å². The molecule has 0 heterocycles. The second-order valence-electron chi connectivity index (χ2n) is 0.331. The highest BCUT2D eigenvalue weighted by atomic mass is 33.1. The Morgan fingerprint density at radius 3 is 2.40 bits per heavy atom. The van der Waals surface area contributed by atoms with Crippen molar-refractivity contribution in [3.8, 4) is 0 Å². The lowest BCUT2D eigenvalue weighted by molar-refractivity contribution is 0.405. The van der Waals surface area contributed by atoms with Crippen molar-refractivity contribution >= 4 is 21.9 Å². The molecule has 2 nitrogen and oxygen atoms in total. The van der Waals surface area contributed by atoms with Gasteiger partial charge in [-0.2, -0.15) is 0 Å². The van der Waals surface area contributed by atoms with Crippen LogP contribution in [0, 0.1) is 0 Å². The van der Waals surface area contributed by atoms with Crippen LogP contribution in [0.1, 0.15) is 0 Å². The Labute approximate surface area is 39.0 Å². The SMILES string of the molecule is CSSON. The van der Waals surface area contributed by atoms with Crippen molar-refractivity contribution in [2.75, 3.05) is 6.26 Å². The second-order valence-corrected chi connectivity index (χ2v) is 2.40. The van der Waals surface area contributed by atoms with E-state index < -0.39 is 0 Å². The molecule has 0 aliphatic carbocycles. The van der Waals surface area contributed by atoms with Crippen LogP contribution in [0.5, 0.6) is 0 Å². The Balaban J connectivity index is 2.19.